The highest BCUT2D eigenvalue weighted by Crippen LogP contribution is 2.33. The summed E-state index contributed by atoms with van der Waals surface area (Å²) in [5, 5.41) is 13.7. The number of aromatic hydroxyl groups is 1. The monoisotopic (exact) mass is 321 g/mol. The molecule has 0 atom stereocenters. The van der Waals surface area contributed by atoms with Crippen molar-refractivity contribution in [3.8, 4) is 17.2 Å². The van der Waals surface area contributed by atoms with E-state index in [1.54, 1.807) is 26.4 Å². The van der Waals surface area contributed by atoms with E-state index in [2.05, 4.69) is 5.32 Å². The van der Waals surface area contributed by atoms with Crippen molar-refractivity contribution in [2.24, 2.45) is 0 Å². The molecular formula is C17H20ClNO3. The summed E-state index contributed by atoms with van der Waals surface area (Å²) in [7, 11) is 3.20. The van der Waals surface area contributed by atoms with Crippen LogP contribution < -0.4 is 14.8 Å². The molecule has 0 amide bonds. The van der Waals surface area contributed by atoms with Gasteiger partial charge in [-0.05, 0) is 36.6 Å². The van der Waals surface area contributed by atoms with Gasteiger partial charge in [0.25, 0.3) is 0 Å². The van der Waals surface area contributed by atoms with E-state index >= 15 is 0 Å². The first-order chi connectivity index (χ1) is 10.6. The van der Waals surface area contributed by atoms with Gasteiger partial charge in [-0.3, -0.25) is 0 Å². The molecule has 4 nitrogen and oxygen atoms in total. The number of phenolic OH excluding ortho intramolecular Hbond substituents is 1. The molecule has 5 heteroatoms. The number of para-hydroxylation sites is 1. The third-order valence-electron chi connectivity index (χ3n) is 3.50. The van der Waals surface area contributed by atoms with Crippen LogP contribution in [0.4, 0.5) is 5.69 Å². The number of phenols is 1. The standard InChI is InChI=1S/C17H20ClNO3/c1-11-5-4-6-14(20)17(11)19-8-7-12-9-16(22-3)13(18)10-15(12)21-2/h4-6,9-10,19-20H,7-8H2,1-3H3. The summed E-state index contributed by atoms with van der Waals surface area (Å²) in [6, 6.07) is 9.07. The van der Waals surface area contributed by atoms with Gasteiger partial charge in [-0.25, -0.2) is 0 Å². The quantitative estimate of drug-likeness (QED) is 0.789. The summed E-state index contributed by atoms with van der Waals surface area (Å²) >= 11 is 6.10. The molecule has 2 N–H and O–H groups in total. The fourth-order valence-corrected chi connectivity index (χ4v) is 2.55. The number of rotatable bonds is 6. The number of hydrogen-bond acceptors (Lipinski definition) is 4. The van der Waals surface area contributed by atoms with Gasteiger partial charge in [0, 0.05) is 12.6 Å². The molecule has 0 unspecified atom stereocenters. The molecule has 0 aliphatic heterocycles. The van der Waals surface area contributed by atoms with E-state index in [0.717, 1.165) is 22.6 Å². The summed E-state index contributed by atoms with van der Waals surface area (Å²) < 4.78 is 10.6. The van der Waals surface area contributed by atoms with Crippen molar-refractivity contribution in [1.29, 1.82) is 0 Å². The van der Waals surface area contributed by atoms with Crippen LogP contribution in [0.2, 0.25) is 5.02 Å². The zero-order valence-electron chi connectivity index (χ0n) is 12.9. The zero-order valence-corrected chi connectivity index (χ0v) is 13.7. The number of methoxy groups -OCH3 is 2. The number of aryl methyl sites for hydroxylation is 1. The molecule has 0 saturated carbocycles. The van der Waals surface area contributed by atoms with E-state index in [9.17, 15) is 5.11 Å². The first-order valence-electron chi connectivity index (χ1n) is 6.99. The van der Waals surface area contributed by atoms with Crippen LogP contribution >= 0.6 is 11.6 Å². The fraction of sp³-hybridized carbons (Fsp3) is 0.294. The largest absolute Gasteiger partial charge is 0.506 e. The topological polar surface area (TPSA) is 50.7 Å². The summed E-state index contributed by atoms with van der Waals surface area (Å²) in [5.41, 5.74) is 2.74. The second-order valence-corrected chi connectivity index (χ2v) is 5.35. The molecule has 2 aromatic rings. The molecule has 0 fully saturated rings. The number of ether oxygens (including phenoxy) is 2. The molecule has 22 heavy (non-hydrogen) atoms. The van der Waals surface area contributed by atoms with Crippen LogP contribution in [-0.2, 0) is 6.42 Å². The molecule has 2 aromatic carbocycles. The van der Waals surface area contributed by atoms with Crippen molar-refractivity contribution in [1.82, 2.24) is 0 Å². The zero-order chi connectivity index (χ0) is 16.1. The number of benzene rings is 2. The normalized spacial score (nSPS) is 10.4. The van der Waals surface area contributed by atoms with Gasteiger partial charge in [-0.2, -0.15) is 0 Å². The highest BCUT2D eigenvalue weighted by atomic mass is 35.5. The Hall–Kier alpha value is -2.07. The van der Waals surface area contributed by atoms with Crippen LogP contribution in [0.25, 0.3) is 0 Å². The van der Waals surface area contributed by atoms with Crippen molar-refractivity contribution in [3.05, 3.63) is 46.5 Å². The lowest BCUT2D eigenvalue weighted by molar-refractivity contribution is 0.399. The van der Waals surface area contributed by atoms with E-state index in [1.807, 2.05) is 25.1 Å². The molecule has 118 valence electrons. The minimum Gasteiger partial charge on any atom is -0.506 e. The van der Waals surface area contributed by atoms with Gasteiger partial charge in [-0.1, -0.05) is 23.7 Å². The summed E-state index contributed by atoms with van der Waals surface area (Å²) in [4.78, 5) is 0. The number of anilines is 1. The van der Waals surface area contributed by atoms with E-state index in [-0.39, 0.29) is 5.75 Å². The smallest absolute Gasteiger partial charge is 0.138 e. The lowest BCUT2D eigenvalue weighted by atomic mass is 10.1. The molecule has 2 rings (SSSR count). The van der Waals surface area contributed by atoms with Crippen LogP contribution in [0.3, 0.4) is 0 Å². The first-order valence-corrected chi connectivity index (χ1v) is 7.37. The van der Waals surface area contributed by atoms with Crippen LogP contribution in [0.15, 0.2) is 30.3 Å². The minimum absolute atomic E-state index is 0.251. The molecule has 0 heterocycles. The van der Waals surface area contributed by atoms with E-state index in [4.69, 9.17) is 21.1 Å². The van der Waals surface area contributed by atoms with Gasteiger partial charge in [0.05, 0.1) is 24.9 Å². The van der Waals surface area contributed by atoms with E-state index in [1.165, 1.54) is 0 Å². The van der Waals surface area contributed by atoms with E-state index in [0.29, 0.717) is 23.7 Å². The predicted molar refractivity (Wildman–Crippen MR) is 89.6 cm³/mol. The second-order valence-electron chi connectivity index (χ2n) is 4.94. The summed E-state index contributed by atoms with van der Waals surface area (Å²) in [5.74, 6) is 1.60. The van der Waals surface area contributed by atoms with Crippen molar-refractivity contribution in [3.63, 3.8) is 0 Å². The molecule has 0 aliphatic carbocycles. The minimum atomic E-state index is 0.251. The molecule has 0 saturated heterocycles. The molecular weight excluding hydrogens is 302 g/mol. The van der Waals surface area contributed by atoms with Gasteiger partial charge in [0.2, 0.25) is 0 Å². The molecule has 0 bridgehead atoms. The van der Waals surface area contributed by atoms with Crippen molar-refractivity contribution >= 4 is 17.3 Å². The average Bonchev–Trinajstić information content (AvgIpc) is 2.51. The number of halogens is 1. The third kappa shape index (κ3) is 3.57. The van der Waals surface area contributed by atoms with E-state index < -0.39 is 0 Å². The summed E-state index contributed by atoms with van der Waals surface area (Å²) in [6.07, 6.45) is 0.713. The third-order valence-corrected chi connectivity index (χ3v) is 3.80. The van der Waals surface area contributed by atoms with Gasteiger partial charge in [-0.15, -0.1) is 0 Å². The maximum absolute atomic E-state index is 9.88. The maximum Gasteiger partial charge on any atom is 0.138 e. The number of nitrogens with one attached hydrogen (secondary N) is 1. The molecule has 0 aliphatic rings. The average molecular weight is 322 g/mol. The van der Waals surface area contributed by atoms with Crippen LogP contribution in [0.1, 0.15) is 11.1 Å². The van der Waals surface area contributed by atoms with Gasteiger partial charge >= 0.3 is 0 Å². The Kier molecular flexibility index (Phi) is 5.39. The van der Waals surface area contributed by atoms with Gasteiger partial charge < -0.3 is 19.9 Å². The Morgan fingerprint density at radius 3 is 2.50 bits per heavy atom. The van der Waals surface area contributed by atoms with Crippen molar-refractivity contribution in [2.45, 2.75) is 13.3 Å². The molecule has 0 aromatic heterocycles. The summed E-state index contributed by atoms with van der Waals surface area (Å²) in [6.45, 7) is 2.60. The maximum atomic E-state index is 9.88. The lowest BCUT2D eigenvalue weighted by Crippen LogP contribution is -2.07. The first kappa shape index (κ1) is 16.3. The Balaban J connectivity index is 2.11. The Morgan fingerprint density at radius 1 is 1.14 bits per heavy atom. The fourth-order valence-electron chi connectivity index (χ4n) is 2.32. The van der Waals surface area contributed by atoms with Crippen LogP contribution in [-0.4, -0.2) is 25.9 Å². The highest BCUT2D eigenvalue weighted by Gasteiger charge is 2.10. The Bertz CT molecular complexity index is 638. The SMILES string of the molecule is COc1cc(CCNc2c(C)cccc2O)c(OC)cc1Cl. The van der Waals surface area contributed by atoms with Crippen molar-refractivity contribution in [2.75, 3.05) is 26.1 Å². The predicted octanol–water partition coefficient (Wildman–Crippen LogP) is 4.03. The Morgan fingerprint density at radius 2 is 1.86 bits per heavy atom. The van der Waals surface area contributed by atoms with Crippen molar-refractivity contribution < 1.29 is 14.6 Å². The Labute approximate surface area is 135 Å². The second kappa shape index (κ2) is 7.27. The van der Waals surface area contributed by atoms with Crippen LogP contribution in [0.5, 0.6) is 17.2 Å². The lowest BCUT2D eigenvalue weighted by Gasteiger charge is -2.14. The molecule has 0 spiro atoms. The number of hydrogen-bond donors (Lipinski definition) is 2. The van der Waals surface area contributed by atoms with Gasteiger partial charge in [0.15, 0.2) is 0 Å². The molecule has 0 radical (unpaired) electrons. The highest BCUT2D eigenvalue weighted by molar-refractivity contribution is 6.32. The van der Waals surface area contributed by atoms with Gasteiger partial charge in [0.1, 0.15) is 17.2 Å². The van der Waals surface area contributed by atoms with Crippen LogP contribution in [0, 0.1) is 6.92 Å².